The summed E-state index contributed by atoms with van der Waals surface area (Å²) in [6.45, 7) is 4.18. The van der Waals surface area contributed by atoms with Crippen molar-refractivity contribution in [3.05, 3.63) is 88.0 Å². The van der Waals surface area contributed by atoms with Gasteiger partial charge in [0.15, 0.2) is 5.78 Å². The first kappa shape index (κ1) is 21.4. The number of carbonyl (C=O) groups is 2. The molecule has 5 nitrogen and oxygen atoms in total. The minimum Gasteiger partial charge on any atom is -0.357 e. The summed E-state index contributed by atoms with van der Waals surface area (Å²) in [6, 6.07) is 16.2. The number of amides is 2. The molecule has 0 fully saturated rings. The number of halogens is 1. The van der Waals surface area contributed by atoms with Crippen molar-refractivity contribution in [3.8, 4) is 0 Å². The zero-order valence-corrected chi connectivity index (χ0v) is 19.2. The highest BCUT2D eigenvalue weighted by Crippen LogP contribution is 2.49. The van der Waals surface area contributed by atoms with E-state index in [9.17, 15) is 14.0 Å². The molecule has 1 unspecified atom stereocenters. The second-order valence-corrected chi connectivity index (χ2v) is 10.2. The van der Waals surface area contributed by atoms with Crippen LogP contribution < -0.4 is 15.5 Å². The number of fused-ring (bicyclic) bond motifs is 1. The van der Waals surface area contributed by atoms with E-state index in [-0.39, 0.29) is 23.0 Å². The molecule has 0 bridgehead atoms. The van der Waals surface area contributed by atoms with Gasteiger partial charge in [-0.05, 0) is 59.7 Å². The normalized spacial score (nSPS) is 19.3. The minimum atomic E-state index is -0.569. The average Bonchev–Trinajstić information content (AvgIpc) is 3.24. The van der Waals surface area contributed by atoms with E-state index in [0.717, 1.165) is 16.3 Å². The fourth-order valence-electron chi connectivity index (χ4n) is 4.64. The molecule has 2 aromatic carbocycles. The van der Waals surface area contributed by atoms with Crippen molar-refractivity contribution in [1.29, 1.82) is 0 Å². The van der Waals surface area contributed by atoms with Crippen LogP contribution >= 0.6 is 11.3 Å². The zero-order chi connectivity index (χ0) is 23.2. The first-order valence-electron chi connectivity index (χ1n) is 10.8. The maximum atomic E-state index is 13.7. The number of ketones is 1. The van der Waals surface area contributed by atoms with E-state index >= 15 is 0 Å². The number of rotatable bonds is 2. The van der Waals surface area contributed by atoms with E-state index in [4.69, 9.17) is 0 Å². The minimum absolute atomic E-state index is 0.0412. The number of thiophene rings is 1. The molecule has 2 aliphatic rings. The molecule has 2 heterocycles. The average molecular weight is 462 g/mol. The van der Waals surface area contributed by atoms with Gasteiger partial charge in [0.05, 0.1) is 11.4 Å². The van der Waals surface area contributed by atoms with Crippen LogP contribution in [0.5, 0.6) is 0 Å². The van der Waals surface area contributed by atoms with Gasteiger partial charge in [0.1, 0.15) is 11.9 Å². The van der Waals surface area contributed by atoms with Gasteiger partial charge in [-0.25, -0.2) is 9.18 Å². The topological polar surface area (TPSA) is 61.4 Å². The summed E-state index contributed by atoms with van der Waals surface area (Å²) in [6.07, 6.45) is 1.12. The number of urea groups is 1. The maximum Gasteiger partial charge on any atom is 0.327 e. The third kappa shape index (κ3) is 4.04. The first-order valence-corrected chi connectivity index (χ1v) is 11.7. The Balaban J connectivity index is 1.68. The number of nitrogens with one attached hydrogen (secondary N) is 2. The molecule has 0 radical (unpaired) electrons. The molecule has 5 rings (SSSR count). The number of benzene rings is 2. The third-order valence-electron chi connectivity index (χ3n) is 6.03. The number of hydrogen-bond donors (Lipinski definition) is 2. The third-order valence-corrected chi connectivity index (χ3v) is 6.95. The predicted molar refractivity (Wildman–Crippen MR) is 130 cm³/mol. The summed E-state index contributed by atoms with van der Waals surface area (Å²) in [7, 11) is 0. The second-order valence-electron chi connectivity index (χ2n) is 9.20. The molecule has 1 aliphatic carbocycles. The lowest BCUT2D eigenvalue weighted by molar-refractivity contribution is -0.118. The summed E-state index contributed by atoms with van der Waals surface area (Å²) < 4.78 is 13.4. The Bertz CT molecular complexity index is 1250. The van der Waals surface area contributed by atoms with E-state index in [1.807, 2.05) is 41.8 Å². The Morgan fingerprint density at radius 1 is 1.09 bits per heavy atom. The van der Waals surface area contributed by atoms with E-state index < -0.39 is 6.04 Å². The van der Waals surface area contributed by atoms with Crippen LogP contribution in [-0.2, 0) is 4.79 Å². The molecule has 0 saturated carbocycles. The monoisotopic (exact) mass is 461 g/mol. The zero-order valence-electron chi connectivity index (χ0n) is 18.4. The molecule has 3 aromatic rings. The summed E-state index contributed by atoms with van der Waals surface area (Å²) in [5, 5.41) is 8.33. The molecule has 2 amide bonds. The standard InChI is InChI=1S/C26H24FN3O2S/c1-26(2)14-19-23(21(31)15-26)24(22-8-5-13-33-22)30(20-7-4-3-6-18(20)29-19)25(32)28-17-11-9-16(27)10-12-17/h3-13,24,29H,14-15H2,1-2H3,(H,28,32). The number of allylic oxidation sites excluding steroid dienone is 1. The van der Waals surface area contributed by atoms with Crippen LogP contribution in [0.3, 0.4) is 0 Å². The predicted octanol–water partition coefficient (Wildman–Crippen LogP) is 6.74. The lowest BCUT2D eigenvalue weighted by Crippen LogP contribution is -2.41. The van der Waals surface area contributed by atoms with Gasteiger partial charge in [-0.1, -0.05) is 32.0 Å². The van der Waals surface area contributed by atoms with Crippen molar-refractivity contribution >= 4 is 40.2 Å². The molecule has 0 saturated heterocycles. The molecule has 33 heavy (non-hydrogen) atoms. The van der Waals surface area contributed by atoms with Gasteiger partial charge in [-0.2, -0.15) is 0 Å². The molecular formula is C26H24FN3O2S. The van der Waals surface area contributed by atoms with Crippen LogP contribution in [0.1, 0.15) is 37.6 Å². The van der Waals surface area contributed by atoms with Crippen LogP contribution in [0, 0.1) is 11.2 Å². The van der Waals surface area contributed by atoms with E-state index in [2.05, 4.69) is 24.5 Å². The second kappa shape index (κ2) is 8.15. The molecule has 1 atom stereocenters. The van der Waals surface area contributed by atoms with Crippen molar-refractivity contribution in [2.45, 2.75) is 32.7 Å². The molecule has 1 aromatic heterocycles. The van der Waals surface area contributed by atoms with E-state index in [1.165, 1.54) is 35.6 Å². The SMILES string of the molecule is CC1(C)CC(=O)C2=C(C1)Nc1ccccc1N(C(=O)Nc1ccc(F)cc1)C2c1cccs1. The summed E-state index contributed by atoms with van der Waals surface area (Å²) in [5.74, 6) is -0.335. The quantitative estimate of drug-likeness (QED) is 0.444. The highest BCUT2D eigenvalue weighted by Gasteiger charge is 2.43. The molecule has 2 N–H and O–H groups in total. The Kier molecular flexibility index (Phi) is 5.29. The number of para-hydroxylation sites is 2. The van der Waals surface area contributed by atoms with Gasteiger partial charge in [0.2, 0.25) is 0 Å². The molecular weight excluding hydrogens is 437 g/mol. The van der Waals surface area contributed by atoms with Crippen LogP contribution in [0.15, 0.2) is 77.3 Å². The Hall–Kier alpha value is -3.45. The number of Topliss-reactive ketones (excluding diaryl/α,β-unsaturated/α-hetero) is 1. The lowest BCUT2D eigenvalue weighted by Gasteiger charge is -2.36. The van der Waals surface area contributed by atoms with E-state index in [1.54, 1.807) is 4.90 Å². The summed E-state index contributed by atoms with van der Waals surface area (Å²) in [4.78, 5) is 29.8. The lowest BCUT2D eigenvalue weighted by atomic mass is 9.74. The highest BCUT2D eigenvalue weighted by atomic mass is 32.1. The van der Waals surface area contributed by atoms with Crippen molar-refractivity contribution in [2.24, 2.45) is 5.41 Å². The fraction of sp³-hybridized carbons (Fsp3) is 0.231. The molecule has 0 spiro atoms. The number of carbonyl (C=O) groups excluding carboxylic acids is 2. The first-order chi connectivity index (χ1) is 15.8. The Morgan fingerprint density at radius 3 is 2.58 bits per heavy atom. The van der Waals surface area contributed by atoms with Crippen molar-refractivity contribution < 1.29 is 14.0 Å². The smallest absolute Gasteiger partial charge is 0.327 e. The van der Waals surface area contributed by atoms with Gasteiger partial charge in [-0.3, -0.25) is 9.69 Å². The van der Waals surface area contributed by atoms with Crippen LogP contribution in [0.25, 0.3) is 0 Å². The Morgan fingerprint density at radius 2 is 1.85 bits per heavy atom. The number of hydrogen-bond acceptors (Lipinski definition) is 4. The fourth-order valence-corrected chi connectivity index (χ4v) is 5.47. The molecule has 7 heteroatoms. The van der Waals surface area contributed by atoms with Crippen LogP contribution in [0.4, 0.5) is 26.2 Å². The van der Waals surface area contributed by atoms with Gasteiger partial charge < -0.3 is 10.6 Å². The van der Waals surface area contributed by atoms with Gasteiger partial charge in [0, 0.05) is 28.3 Å². The van der Waals surface area contributed by atoms with Gasteiger partial charge in [-0.15, -0.1) is 11.3 Å². The van der Waals surface area contributed by atoms with Gasteiger partial charge >= 0.3 is 6.03 Å². The summed E-state index contributed by atoms with van der Waals surface area (Å²) in [5.41, 5.74) is 3.23. The highest BCUT2D eigenvalue weighted by molar-refractivity contribution is 7.10. The number of nitrogens with zero attached hydrogens (tertiary/aromatic N) is 1. The van der Waals surface area contributed by atoms with Crippen molar-refractivity contribution in [3.63, 3.8) is 0 Å². The maximum absolute atomic E-state index is 13.7. The van der Waals surface area contributed by atoms with Crippen molar-refractivity contribution in [2.75, 3.05) is 15.5 Å². The summed E-state index contributed by atoms with van der Waals surface area (Å²) >= 11 is 1.52. The van der Waals surface area contributed by atoms with E-state index in [0.29, 0.717) is 29.8 Å². The largest absolute Gasteiger partial charge is 0.357 e. The van der Waals surface area contributed by atoms with Gasteiger partial charge in [0.25, 0.3) is 0 Å². The van der Waals surface area contributed by atoms with Crippen LogP contribution in [-0.4, -0.2) is 11.8 Å². The van der Waals surface area contributed by atoms with Crippen LogP contribution in [0.2, 0.25) is 0 Å². The van der Waals surface area contributed by atoms with Crippen molar-refractivity contribution in [1.82, 2.24) is 0 Å². The number of anilines is 3. The molecule has 1 aliphatic heterocycles. The molecule has 168 valence electrons. The Labute approximate surface area is 195 Å².